The van der Waals surface area contributed by atoms with Crippen molar-refractivity contribution >= 4 is 17.4 Å². The third-order valence-corrected chi connectivity index (χ3v) is 4.81. The third-order valence-electron chi connectivity index (χ3n) is 4.81. The van der Waals surface area contributed by atoms with Crippen LogP contribution in [0.15, 0.2) is 53.5 Å². The topological polar surface area (TPSA) is 41.5 Å². The molecule has 3 nitrogen and oxygen atoms in total. The van der Waals surface area contributed by atoms with Crippen LogP contribution in [-0.2, 0) is 11.0 Å². The summed E-state index contributed by atoms with van der Waals surface area (Å²) in [5.41, 5.74) is 2.58. The van der Waals surface area contributed by atoms with E-state index in [-0.39, 0.29) is 5.91 Å². The predicted octanol–water partition coefficient (Wildman–Crippen LogP) is 5.27. The first-order valence-corrected chi connectivity index (χ1v) is 9.06. The summed E-state index contributed by atoms with van der Waals surface area (Å²) in [7, 11) is 0. The second-order valence-corrected chi connectivity index (χ2v) is 6.86. The number of hydrogen-bond donors (Lipinski definition) is 1. The molecule has 3 rings (SSSR count). The molecule has 1 N–H and O–H groups in total. The van der Waals surface area contributed by atoms with Crippen LogP contribution < -0.4 is 5.32 Å². The highest BCUT2D eigenvalue weighted by molar-refractivity contribution is 6.13. The van der Waals surface area contributed by atoms with Crippen LogP contribution in [0.3, 0.4) is 0 Å². The molecule has 0 saturated heterocycles. The van der Waals surface area contributed by atoms with Crippen molar-refractivity contribution < 1.29 is 18.0 Å². The van der Waals surface area contributed by atoms with Crippen LogP contribution in [0.25, 0.3) is 5.70 Å². The summed E-state index contributed by atoms with van der Waals surface area (Å²) < 4.78 is 39.4. The quantitative estimate of drug-likeness (QED) is 0.768. The normalized spacial score (nSPS) is 17.5. The number of alkyl halides is 3. The molecule has 0 spiro atoms. The number of hydrogen-bond acceptors (Lipinski definition) is 2. The molecule has 0 radical (unpaired) electrons. The fourth-order valence-electron chi connectivity index (χ4n) is 3.29. The number of carbonyl (C=O) groups excluding carboxylic acids is 1. The first-order chi connectivity index (χ1) is 13.2. The van der Waals surface area contributed by atoms with E-state index in [1.165, 1.54) is 6.07 Å². The van der Waals surface area contributed by atoms with Gasteiger partial charge in [-0.2, -0.15) is 13.2 Å². The number of carbonyl (C=O) groups is 1. The lowest BCUT2D eigenvalue weighted by atomic mass is 10.0. The Balaban J connectivity index is 2.17. The molecule has 0 bridgehead atoms. The van der Waals surface area contributed by atoms with Crippen molar-refractivity contribution in [2.75, 3.05) is 0 Å². The van der Waals surface area contributed by atoms with E-state index in [1.54, 1.807) is 12.1 Å². The van der Waals surface area contributed by atoms with Crippen LogP contribution >= 0.6 is 0 Å². The first kappa shape index (κ1) is 19.9. The van der Waals surface area contributed by atoms with Gasteiger partial charge in [0.1, 0.15) is 5.84 Å². The van der Waals surface area contributed by atoms with Crippen molar-refractivity contribution in [3.63, 3.8) is 0 Å². The van der Waals surface area contributed by atoms with Crippen LogP contribution in [0.5, 0.6) is 0 Å². The Morgan fingerprint density at radius 1 is 1.07 bits per heavy atom. The minimum absolute atomic E-state index is 0.217. The van der Waals surface area contributed by atoms with E-state index in [2.05, 4.69) is 10.3 Å². The maximum absolute atomic E-state index is 13.1. The largest absolute Gasteiger partial charge is 0.416 e. The maximum Gasteiger partial charge on any atom is 0.416 e. The Hall–Kier alpha value is -2.89. The van der Waals surface area contributed by atoms with E-state index in [1.807, 2.05) is 39.0 Å². The Kier molecular flexibility index (Phi) is 5.40. The van der Waals surface area contributed by atoms with Gasteiger partial charge in [-0.1, -0.05) is 37.3 Å². The number of halogens is 3. The summed E-state index contributed by atoms with van der Waals surface area (Å²) >= 11 is 0. The zero-order valence-electron chi connectivity index (χ0n) is 15.9. The van der Waals surface area contributed by atoms with Crippen molar-refractivity contribution in [3.8, 4) is 0 Å². The molecular weight excluding hydrogens is 365 g/mol. The maximum atomic E-state index is 13.1. The number of aliphatic imine (C=N–C) groups is 1. The molecule has 6 heteroatoms. The number of aryl methyl sites for hydroxylation is 2. The molecule has 0 aliphatic carbocycles. The average molecular weight is 386 g/mol. The summed E-state index contributed by atoms with van der Waals surface area (Å²) in [6.45, 7) is 5.67. The zero-order valence-corrected chi connectivity index (χ0v) is 15.9. The Bertz CT molecular complexity index is 954. The second kappa shape index (κ2) is 7.62. The molecular formula is C22H21F3N2O. The lowest BCUT2D eigenvalue weighted by molar-refractivity contribution is -0.137. The number of nitrogens with zero attached hydrogens (tertiary/aromatic N) is 1. The molecule has 1 atom stereocenters. The van der Waals surface area contributed by atoms with Crippen molar-refractivity contribution in [1.82, 2.24) is 5.32 Å². The molecule has 0 aromatic heterocycles. The summed E-state index contributed by atoms with van der Waals surface area (Å²) in [5, 5.41) is 2.86. The minimum Gasteiger partial charge on any atom is -0.310 e. The van der Waals surface area contributed by atoms with Crippen molar-refractivity contribution in [3.05, 3.63) is 76.4 Å². The monoisotopic (exact) mass is 386 g/mol. The number of rotatable bonds is 3. The molecule has 0 fully saturated rings. The van der Waals surface area contributed by atoms with Gasteiger partial charge in [0.05, 0.1) is 17.2 Å². The smallest absolute Gasteiger partial charge is 0.310 e. The van der Waals surface area contributed by atoms with Gasteiger partial charge in [0.2, 0.25) is 5.91 Å². The van der Waals surface area contributed by atoms with E-state index in [9.17, 15) is 18.0 Å². The van der Waals surface area contributed by atoms with Gasteiger partial charge in [0.25, 0.3) is 0 Å². The lowest BCUT2D eigenvalue weighted by Crippen LogP contribution is -2.35. The Morgan fingerprint density at radius 3 is 2.32 bits per heavy atom. The standard InChI is InChI=1S/C22H21F3N2O/c1-4-15-12-18(16-9-6-10-17(11-16)22(23,24)25)26-20(27-21(15)28)19-13(2)7-5-8-14(19)3/h5-12,15H,4H2,1-3H3,(H,26,27,28). The highest BCUT2D eigenvalue weighted by Crippen LogP contribution is 2.32. The molecule has 0 saturated carbocycles. The molecule has 1 aliphatic rings. The fourth-order valence-corrected chi connectivity index (χ4v) is 3.29. The summed E-state index contributed by atoms with van der Waals surface area (Å²) in [4.78, 5) is 17.2. The van der Waals surface area contributed by atoms with Crippen LogP contribution in [-0.4, -0.2) is 11.7 Å². The Morgan fingerprint density at radius 2 is 1.71 bits per heavy atom. The van der Waals surface area contributed by atoms with Crippen LogP contribution in [0, 0.1) is 19.8 Å². The highest BCUT2D eigenvalue weighted by Gasteiger charge is 2.31. The Labute approximate surface area is 162 Å². The van der Waals surface area contributed by atoms with E-state index in [0.717, 1.165) is 28.8 Å². The van der Waals surface area contributed by atoms with Crippen molar-refractivity contribution in [1.29, 1.82) is 0 Å². The van der Waals surface area contributed by atoms with E-state index >= 15 is 0 Å². The van der Waals surface area contributed by atoms with E-state index in [4.69, 9.17) is 0 Å². The summed E-state index contributed by atoms with van der Waals surface area (Å²) in [5.74, 6) is -0.332. The lowest BCUT2D eigenvalue weighted by Gasteiger charge is -2.14. The van der Waals surface area contributed by atoms with E-state index < -0.39 is 17.7 Å². The van der Waals surface area contributed by atoms with Crippen LogP contribution in [0.4, 0.5) is 13.2 Å². The highest BCUT2D eigenvalue weighted by atomic mass is 19.4. The SMILES string of the molecule is CCC1C=C(c2cccc(C(F)(F)F)c2)N=C(c2c(C)cccc2C)NC1=O. The molecule has 146 valence electrons. The molecule has 2 aromatic carbocycles. The molecule has 28 heavy (non-hydrogen) atoms. The van der Waals surface area contributed by atoms with E-state index in [0.29, 0.717) is 23.5 Å². The van der Waals surface area contributed by atoms with Gasteiger partial charge in [-0.25, -0.2) is 4.99 Å². The number of amides is 1. The second-order valence-electron chi connectivity index (χ2n) is 6.86. The number of benzene rings is 2. The van der Waals surface area contributed by atoms with Gasteiger partial charge in [-0.3, -0.25) is 4.79 Å². The first-order valence-electron chi connectivity index (χ1n) is 9.06. The van der Waals surface area contributed by atoms with Crippen molar-refractivity contribution in [2.24, 2.45) is 10.9 Å². The summed E-state index contributed by atoms with van der Waals surface area (Å²) in [6, 6.07) is 10.8. The molecule has 1 amide bonds. The van der Waals surface area contributed by atoms with Gasteiger partial charge >= 0.3 is 6.18 Å². The van der Waals surface area contributed by atoms with Crippen LogP contribution in [0.1, 0.15) is 41.2 Å². The zero-order chi connectivity index (χ0) is 20.5. The molecule has 1 aliphatic heterocycles. The molecule has 1 unspecified atom stereocenters. The fraction of sp³-hybridized carbons (Fsp3) is 0.273. The predicted molar refractivity (Wildman–Crippen MR) is 104 cm³/mol. The van der Waals surface area contributed by atoms with Gasteiger partial charge < -0.3 is 5.32 Å². The van der Waals surface area contributed by atoms with Gasteiger partial charge in [-0.05, 0) is 49.6 Å². The van der Waals surface area contributed by atoms with Gasteiger partial charge in [-0.15, -0.1) is 0 Å². The summed E-state index contributed by atoms with van der Waals surface area (Å²) in [6.07, 6.45) is -2.28. The van der Waals surface area contributed by atoms with Gasteiger partial charge in [0, 0.05) is 11.1 Å². The molecule has 2 aromatic rings. The van der Waals surface area contributed by atoms with Gasteiger partial charge in [0.15, 0.2) is 0 Å². The number of nitrogens with one attached hydrogen (secondary N) is 1. The minimum atomic E-state index is -4.45. The average Bonchev–Trinajstić information content (AvgIpc) is 2.80. The van der Waals surface area contributed by atoms with Crippen LogP contribution in [0.2, 0.25) is 0 Å². The van der Waals surface area contributed by atoms with Crippen molar-refractivity contribution in [2.45, 2.75) is 33.4 Å². The molecule has 1 heterocycles. The number of amidine groups is 1. The third kappa shape index (κ3) is 4.01.